The van der Waals surface area contributed by atoms with Crippen molar-refractivity contribution in [2.45, 2.75) is 6.42 Å². The van der Waals surface area contributed by atoms with Gasteiger partial charge in [0.25, 0.3) is 0 Å². The Morgan fingerprint density at radius 3 is 2.69 bits per heavy atom. The lowest BCUT2D eigenvalue weighted by molar-refractivity contribution is 0.241. The minimum Gasteiger partial charge on any atom is -0.338 e. The molecule has 13 heavy (non-hydrogen) atoms. The lowest BCUT2D eigenvalue weighted by atomic mass is 10.4. The number of hydrogen-bond acceptors (Lipinski definition) is 2. The van der Waals surface area contributed by atoms with E-state index in [1.807, 2.05) is 14.1 Å². The van der Waals surface area contributed by atoms with E-state index in [2.05, 4.69) is 21.5 Å². The fourth-order valence-electron chi connectivity index (χ4n) is 0.791. The van der Waals surface area contributed by atoms with Gasteiger partial charge in [-0.25, -0.2) is 4.79 Å². The summed E-state index contributed by atoms with van der Waals surface area (Å²) in [5, 5.41) is 5.22. The molecular weight excluding hydrogens is 166 g/mol. The van der Waals surface area contributed by atoms with Crippen LogP contribution in [-0.2, 0) is 0 Å². The third-order valence-corrected chi connectivity index (χ3v) is 1.42. The largest absolute Gasteiger partial charge is 0.338 e. The van der Waals surface area contributed by atoms with Crippen LogP contribution in [0.4, 0.5) is 4.79 Å². The van der Waals surface area contributed by atoms with E-state index in [1.54, 1.807) is 0 Å². The predicted molar refractivity (Wildman–Crippen MR) is 53.4 cm³/mol. The molecule has 0 aromatic carbocycles. The van der Waals surface area contributed by atoms with E-state index in [0.29, 0.717) is 6.54 Å². The molecular formula is C9H17N3O. The molecule has 0 saturated heterocycles. The van der Waals surface area contributed by atoms with E-state index in [0.717, 1.165) is 13.0 Å². The zero-order chi connectivity index (χ0) is 10.1. The highest BCUT2D eigenvalue weighted by Crippen LogP contribution is 1.80. The Morgan fingerprint density at radius 2 is 2.15 bits per heavy atom. The van der Waals surface area contributed by atoms with Gasteiger partial charge >= 0.3 is 6.03 Å². The summed E-state index contributed by atoms with van der Waals surface area (Å²) >= 11 is 0. The summed E-state index contributed by atoms with van der Waals surface area (Å²) in [5.74, 6) is 2.33. The molecule has 0 unspecified atom stereocenters. The van der Waals surface area contributed by atoms with Crippen molar-refractivity contribution in [2.24, 2.45) is 0 Å². The summed E-state index contributed by atoms with van der Waals surface area (Å²) in [7, 11) is 4.00. The van der Waals surface area contributed by atoms with Gasteiger partial charge in [0, 0.05) is 6.54 Å². The second kappa shape index (κ2) is 7.44. The van der Waals surface area contributed by atoms with Gasteiger partial charge in [0.05, 0.1) is 6.54 Å². The van der Waals surface area contributed by atoms with E-state index >= 15 is 0 Å². The van der Waals surface area contributed by atoms with Gasteiger partial charge in [-0.1, -0.05) is 5.92 Å². The maximum Gasteiger partial charge on any atom is 0.315 e. The molecule has 2 amide bonds. The zero-order valence-corrected chi connectivity index (χ0v) is 8.26. The highest BCUT2D eigenvalue weighted by atomic mass is 16.2. The molecule has 74 valence electrons. The number of carbonyl (C=O) groups is 1. The normalized spacial score (nSPS) is 9.38. The first kappa shape index (κ1) is 11.8. The van der Waals surface area contributed by atoms with Gasteiger partial charge in [0.1, 0.15) is 0 Å². The molecule has 0 aliphatic carbocycles. The molecule has 0 saturated carbocycles. The standard InChI is InChI=1S/C9H17N3O/c1-4-6-10-9(13)11-7-5-8-12(2)3/h1H,5-8H2,2-3H3,(H2,10,11,13). The first-order valence-corrected chi connectivity index (χ1v) is 4.26. The van der Waals surface area contributed by atoms with Crippen LogP contribution in [0.5, 0.6) is 0 Å². The van der Waals surface area contributed by atoms with Crippen LogP contribution in [0.3, 0.4) is 0 Å². The Morgan fingerprint density at radius 1 is 1.46 bits per heavy atom. The quantitative estimate of drug-likeness (QED) is 0.460. The summed E-state index contributed by atoms with van der Waals surface area (Å²) in [6, 6.07) is -0.197. The number of terminal acetylenes is 1. The van der Waals surface area contributed by atoms with Crippen molar-refractivity contribution in [1.29, 1.82) is 0 Å². The molecule has 0 aromatic rings. The molecule has 0 aromatic heterocycles. The monoisotopic (exact) mass is 183 g/mol. The predicted octanol–water partition coefficient (Wildman–Crippen LogP) is -0.129. The van der Waals surface area contributed by atoms with Crippen molar-refractivity contribution in [3.8, 4) is 12.3 Å². The van der Waals surface area contributed by atoms with Crippen LogP contribution >= 0.6 is 0 Å². The summed E-state index contributed by atoms with van der Waals surface area (Å²) in [6.07, 6.45) is 5.91. The number of hydrogen-bond donors (Lipinski definition) is 2. The van der Waals surface area contributed by atoms with Crippen LogP contribution in [0.2, 0.25) is 0 Å². The number of nitrogens with zero attached hydrogens (tertiary/aromatic N) is 1. The molecule has 4 heteroatoms. The number of urea groups is 1. The van der Waals surface area contributed by atoms with Crippen LogP contribution in [0.25, 0.3) is 0 Å². The van der Waals surface area contributed by atoms with E-state index < -0.39 is 0 Å². The van der Waals surface area contributed by atoms with Crippen molar-refractivity contribution >= 4 is 6.03 Å². The summed E-state index contributed by atoms with van der Waals surface area (Å²) in [6.45, 7) is 1.92. The molecule has 0 fully saturated rings. The molecule has 0 rings (SSSR count). The molecule has 2 N–H and O–H groups in total. The van der Waals surface area contributed by atoms with Crippen LogP contribution in [0.15, 0.2) is 0 Å². The van der Waals surface area contributed by atoms with Crippen molar-refractivity contribution in [3.63, 3.8) is 0 Å². The van der Waals surface area contributed by atoms with Crippen molar-refractivity contribution in [2.75, 3.05) is 33.7 Å². The second-order valence-corrected chi connectivity index (χ2v) is 2.97. The number of carbonyl (C=O) groups excluding carboxylic acids is 1. The maximum atomic E-state index is 10.9. The van der Waals surface area contributed by atoms with Gasteiger partial charge in [0.15, 0.2) is 0 Å². The molecule has 4 nitrogen and oxygen atoms in total. The fraction of sp³-hybridized carbons (Fsp3) is 0.667. The number of amides is 2. The topological polar surface area (TPSA) is 44.4 Å². The molecule has 0 atom stereocenters. The molecule has 0 radical (unpaired) electrons. The van der Waals surface area contributed by atoms with Gasteiger partial charge in [-0.05, 0) is 27.1 Å². The second-order valence-electron chi connectivity index (χ2n) is 2.97. The van der Waals surface area contributed by atoms with Crippen LogP contribution in [0.1, 0.15) is 6.42 Å². The SMILES string of the molecule is C#CCNC(=O)NCCCN(C)C. The molecule has 0 spiro atoms. The lowest BCUT2D eigenvalue weighted by Gasteiger charge is -2.09. The Labute approximate surface area is 79.7 Å². The summed E-state index contributed by atoms with van der Waals surface area (Å²) in [5.41, 5.74) is 0. The minimum absolute atomic E-state index is 0.197. The minimum atomic E-state index is -0.197. The van der Waals surface area contributed by atoms with Crippen LogP contribution in [-0.4, -0.2) is 44.7 Å². The van der Waals surface area contributed by atoms with E-state index in [-0.39, 0.29) is 12.6 Å². The lowest BCUT2D eigenvalue weighted by Crippen LogP contribution is -2.36. The Hall–Kier alpha value is -1.21. The van der Waals surface area contributed by atoms with Gasteiger partial charge in [-0.3, -0.25) is 0 Å². The molecule has 0 heterocycles. The average Bonchev–Trinajstić information content (AvgIpc) is 2.08. The summed E-state index contributed by atoms with van der Waals surface area (Å²) < 4.78 is 0. The van der Waals surface area contributed by atoms with Gasteiger partial charge in [-0.2, -0.15) is 0 Å². The van der Waals surface area contributed by atoms with Crippen LogP contribution in [0, 0.1) is 12.3 Å². The Balaban J connectivity index is 3.23. The maximum absolute atomic E-state index is 10.9. The van der Waals surface area contributed by atoms with Gasteiger partial charge < -0.3 is 15.5 Å². The first-order chi connectivity index (χ1) is 6.16. The zero-order valence-electron chi connectivity index (χ0n) is 8.26. The van der Waals surface area contributed by atoms with Crippen molar-refractivity contribution < 1.29 is 4.79 Å². The van der Waals surface area contributed by atoms with Crippen LogP contribution < -0.4 is 10.6 Å². The molecule has 0 aliphatic rings. The highest BCUT2D eigenvalue weighted by Gasteiger charge is 1.96. The van der Waals surface area contributed by atoms with E-state index in [4.69, 9.17) is 6.42 Å². The van der Waals surface area contributed by atoms with Gasteiger partial charge in [-0.15, -0.1) is 6.42 Å². The van der Waals surface area contributed by atoms with Crippen molar-refractivity contribution in [1.82, 2.24) is 15.5 Å². The smallest absolute Gasteiger partial charge is 0.315 e. The fourth-order valence-corrected chi connectivity index (χ4v) is 0.791. The molecule has 0 bridgehead atoms. The Kier molecular flexibility index (Phi) is 6.75. The number of nitrogens with one attached hydrogen (secondary N) is 2. The van der Waals surface area contributed by atoms with Gasteiger partial charge in [0.2, 0.25) is 0 Å². The number of rotatable bonds is 5. The van der Waals surface area contributed by atoms with E-state index in [1.165, 1.54) is 0 Å². The molecule has 0 aliphatic heterocycles. The first-order valence-electron chi connectivity index (χ1n) is 4.26. The Bertz CT molecular complexity index is 184. The van der Waals surface area contributed by atoms with Crippen molar-refractivity contribution in [3.05, 3.63) is 0 Å². The summed E-state index contributed by atoms with van der Waals surface area (Å²) in [4.78, 5) is 13.0. The average molecular weight is 183 g/mol. The third-order valence-electron chi connectivity index (χ3n) is 1.42. The third kappa shape index (κ3) is 8.70. The van der Waals surface area contributed by atoms with E-state index in [9.17, 15) is 4.79 Å². The highest BCUT2D eigenvalue weighted by molar-refractivity contribution is 5.73.